The molecule has 0 aliphatic heterocycles. The highest BCUT2D eigenvalue weighted by atomic mass is 19.1. The Balaban J connectivity index is 2.37. The summed E-state index contributed by atoms with van der Waals surface area (Å²) in [5.74, 6) is 0.594. The van der Waals surface area contributed by atoms with Gasteiger partial charge in [0.15, 0.2) is 0 Å². The summed E-state index contributed by atoms with van der Waals surface area (Å²) in [5.41, 5.74) is 3.01. The van der Waals surface area contributed by atoms with E-state index in [1.54, 1.807) is 6.07 Å². The van der Waals surface area contributed by atoms with Gasteiger partial charge in [0.25, 0.3) is 0 Å². The zero-order valence-corrected chi connectivity index (χ0v) is 12.2. The lowest BCUT2D eigenvalue weighted by atomic mass is 10.2. The highest BCUT2D eigenvalue weighted by molar-refractivity contribution is 5.59. The van der Waals surface area contributed by atoms with Gasteiger partial charge in [-0.15, -0.1) is 0 Å². The molecule has 0 unspecified atom stereocenters. The average Bonchev–Trinajstić information content (AvgIpc) is 2.46. The van der Waals surface area contributed by atoms with Crippen LogP contribution in [0.4, 0.5) is 15.9 Å². The molecule has 1 heterocycles. The molecular formula is C16H20FN3. The van der Waals surface area contributed by atoms with Crippen molar-refractivity contribution in [3.63, 3.8) is 0 Å². The van der Waals surface area contributed by atoms with Crippen LogP contribution < -0.4 is 10.2 Å². The first kappa shape index (κ1) is 14.5. The molecule has 0 radical (unpaired) electrons. The van der Waals surface area contributed by atoms with Gasteiger partial charge in [-0.05, 0) is 49.4 Å². The Bertz CT molecular complexity index is 584. The fourth-order valence-electron chi connectivity index (χ4n) is 2.11. The van der Waals surface area contributed by atoms with E-state index in [0.29, 0.717) is 0 Å². The summed E-state index contributed by atoms with van der Waals surface area (Å²) >= 11 is 0. The predicted octanol–water partition coefficient (Wildman–Crippen LogP) is 3.27. The Morgan fingerprint density at radius 3 is 2.70 bits per heavy atom. The van der Waals surface area contributed by atoms with Gasteiger partial charge in [-0.2, -0.15) is 0 Å². The quantitative estimate of drug-likeness (QED) is 0.906. The van der Waals surface area contributed by atoms with Crippen molar-refractivity contribution < 1.29 is 4.39 Å². The Morgan fingerprint density at radius 1 is 1.25 bits per heavy atom. The minimum atomic E-state index is -0.239. The minimum absolute atomic E-state index is 0.239. The lowest BCUT2D eigenvalue weighted by molar-refractivity contribution is 0.628. The van der Waals surface area contributed by atoms with Crippen molar-refractivity contribution in [2.45, 2.75) is 19.9 Å². The van der Waals surface area contributed by atoms with E-state index in [0.717, 1.165) is 30.2 Å². The molecular weight excluding hydrogens is 253 g/mol. The molecule has 0 atom stereocenters. The lowest BCUT2D eigenvalue weighted by Crippen LogP contribution is -2.14. The summed E-state index contributed by atoms with van der Waals surface area (Å²) in [4.78, 5) is 6.52. The molecule has 3 nitrogen and oxygen atoms in total. The zero-order valence-electron chi connectivity index (χ0n) is 12.2. The largest absolute Gasteiger partial charge is 0.329 e. The smallest absolute Gasteiger partial charge is 0.133 e. The maximum Gasteiger partial charge on any atom is 0.133 e. The first-order chi connectivity index (χ1) is 9.63. The molecule has 0 bridgehead atoms. The summed E-state index contributed by atoms with van der Waals surface area (Å²) in [6.07, 6.45) is 0.877. The van der Waals surface area contributed by atoms with Crippen molar-refractivity contribution in [3.05, 3.63) is 53.5 Å². The number of aryl methyl sites for hydroxylation is 1. The van der Waals surface area contributed by atoms with Gasteiger partial charge in [-0.3, -0.25) is 0 Å². The molecule has 0 fully saturated rings. The summed E-state index contributed by atoms with van der Waals surface area (Å²) < 4.78 is 13.3. The first-order valence-electron chi connectivity index (χ1n) is 6.77. The number of aromatic nitrogens is 1. The molecule has 0 aliphatic rings. The summed E-state index contributed by atoms with van der Waals surface area (Å²) in [5, 5.41) is 3.14. The molecule has 0 saturated heterocycles. The van der Waals surface area contributed by atoms with E-state index in [4.69, 9.17) is 0 Å². The molecule has 20 heavy (non-hydrogen) atoms. The molecule has 4 heteroatoms. The van der Waals surface area contributed by atoms with Gasteiger partial charge in [-0.25, -0.2) is 9.37 Å². The van der Waals surface area contributed by atoms with Gasteiger partial charge in [0.1, 0.15) is 11.6 Å². The number of halogens is 1. The molecule has 2 rings (SSSR count). The number of anilines is 2. The maximum absolute atomic E-state index is 13.3. The fourth-order valence-corrected chi connectivity index (χ4v) is 2.11. The molecule has 0 aliphatic carbocycles. The molecule has 1 aromatic heterocycles. The Morgan fingerprint density at radius 2 is 2.05 bits per heavy atom. The van der Waals surface area contributed by atoms with Crippen LogP contribution in [0, 0.1) is 5.82 Å². The van der Waals surface area contributed by atoms with Crippen LogP contribution in [-0.2, 0) is 13.0 Å². The SMILES string of the molecule is CCc1cc(CNC)cc(N(C)c2cccc(F)c2)n1. The third kappa shape index (κ3) is 3.33. The average molecular weight is 273 g/mol. The lowest BCUT2D eigenvalue weighted by Gasteiger charge is -2.20. The fraction of sp³-hybridized carbons (Fsp3) is 0.312. The van der Waals surface area contributed by atoms with E-state index >= 15 is 0 Å². The van der Waals surface area contributed by atoms with Crippen molar-refractivity contribution in [3.8, 4) is 0 Å². The Hall–Kier alpha value is -1.94. The van der Waals surface area contributed by atoms with Crippen molar-refractivity contribution >= 4 is 11.5 Å². The van der Waals surface area contributed by atoms with Crippen molar-refractivity contribution in [2.24, 2.45) is 0 Å². The number of rotatable bonds is 5. The molecule has 0 spiro atoms. The minimum Gasteiger partial charge on any atom is -0.329 e. The van der Waals surface area contributed by atoms with Crippen LogP contribution in [0.15, 0.2) is 36.4 Å². The second kappa shape index (κ2) is 6.48. The van der Waals surface area contributed by atoms with E-state index < -0.39 is 0 Å². The maximum atomic E-state index is 13.3. The topological polar surface area (TPSA) is 28.2 Å². The van der Waals surface area contributed by atoms with Gasteiger partial charge < -0.3 is 10.2 Å². The van der Waals surface area contributed by atoms with Crippen LogP contribution in [0.2, 0.25) is 0 Å². The van der Waals surface area contributed by atoms with Crippen LogP contribution in [-0.4, -0.2) is 19.1 Å². The van der Waals surface area contributed by atoms with Crippen molar-refractivity contribution in [1.82, 2.24) is 10.3 Å². The normalized spacial score (nSPS) is 10.6. The van der Waals surface area contributed by atoms with Crippen molar-refractivity contribution in [1.29, 1.82) is 0 Å². The molecule has 1 aromatic carbocycles. The third-order valence-corrected chi connectivity index (χ3v) is 3.21. The van der Waals surface area contributed by atoms with Crippen molar-refractivity contribution in [2.75, 3.05) is 19.0 Å². The standard InChI is InChI=1S/C16H20FN3/c1-4-14-8-12(11-18-2)9-16(19-14)20(3)15-7-5-6-13(17)10-15/h5-10,18H,4,11H2,1-3H3. The number of pyridine rings is 1. The molecule has 0 saturated carbocycles. The van der Waals surface area contributed by atoms with Crippen LogP contribution >= 0.6 is 0 Å². The van der Waals surface area contributed by atoms with E-state index in [-0.39, 0.29) is 5.82 Å². The van der Waals surface area contributed by atoms with E-state index in [2.05, 4.69) is 23.3 Å². The Labute approximate surface area is 119 Å². The monoisotopic (exact) mass is 273 g/mol. The molecule has 106 valence electrons. The summed E-state index contributed by atoms with van der Waals surface area (Å²) in [6.45, 7) is 2.87. The van der Waals surface area contributed by atoms with Gasteiger partial charge >= 0.3 is 0 Å². The van der Waals surface area contributed by atoms with Gasteiger partial charge in [0.2, 0.25) is 0 Å². The van der Waals surface area contributed by atoms with Crippen LogP contribution in [0.5, 0.6) is 0 Å². The van der Waals surface area contributed by atoms with Gasteiger partial charge in [0.05, 0.1) is 0 Å². The second-order valence-corrected chi connectivity index (χ2v) is 4.75. The van der Waals surface area contributed by atoms with Gasteiger partial charge in [0, 0.05) is 25.0 Å². The zero-order chi connectivity index (χ0) is 14.5. The number of nitrogens with zero attached hydrogens (tertiary/aromatic N) is 2. The predicted molar refractivity (Wildman–Crippen MR) is 80.8 cm³/mol. The molecule has 0 amide bonds. The molecule has 2 aromatic rings. The highest BCUT2D eigenvalue weighted by Crippen LogP contribution is 2.24. The second-order valence-electron chi connectivity index (χ2n) is 4.75. The summed E-state index contributed by atoms with van der Waals surface area (Å²) in [6, 6.07) is 10.7. The summed E-state index contributed by atoms with van der Waals surface area (Å²) in [7, 11) is 3.82. The highest BCUT2D eigenvalue weighted by Gasteiger charge is 2.09. The van der Waals surface area contributed by atoms with Crippen LogP contribution in [0.3, 0.4) is 0 Å². The number of hydrogen-bond acceptors (Lipinski definition) is 3. The van der Waals surface area contributed by atoms with E-state index in [1.807, 2.05) is 31.1 Å². The first-order valence-corrected chi connectivity index (χ1v) is 6.77. The van der Waals surface area contributed by atoms with E-state index in [1.165, 1.54) is 17.7 Å². The third-order valence-electron chi connectivity index (χ3n) is 3.21. The number of hydrogen-bond donors (Lipinski definition) is 1. The number of nitrogens with one attached hydrogen (secondary N) is 1. The van der Waals surface area contributed by atoms with E-state index in [9.17, 15) is 4.39 Å². The van der Waals surface area contributed by atoms with Crippen LogP contribution in [0.1, 0.15) is 18.2 Å². The molecule has 1 N–H and O–H groups in total. The van der Waals surface area contributed by atoms with Crippen LogP contribution in [0.25, 0.3) is 0 Å². The Kier molecular flexibility index (Phi) is 4.69. The van der Waals surface area contributed by atoms with Gasteiger partial charge in [-0.1, -0.05) is 13.0 Å². The number of benzene rings is 1.